The maximum atomic E-state index is 13.5. The third kappa shape index (κ3) is 4.40. The monoisotopic (exact) mass is 457 g/mol. The summed E-state index contributed by atoms with van der Waals surface area (Å²) >= 11 is 0. The molecule has 0 radical (unpaired) electrons. The van der Waals surface area contributed by atoms with E-state index in [0.29, 0.717) is 12.5 Å². The third-order valence-electron chi connectivity index (χ3n) is 7.57. The van der Waals surface area contributed by atoms with Crippen molar-refractivity contribution in [3.8, 4) is 0 Å². The molecule has 0 aromatic carbocycles. The quantitative estimate of drug-likeness (QED) is 0.687. The van der Waals surface area contributed by atoms with Gasteiger partial charge >= 0.3 is 6.18 Å². The van der Waals surface area contributed by atoms with E-state index in [4.69, 9.17) is 4.74 Å². The Morgan fingerprint density at radius 3 is 2.72 bits per heavy atom. The van der Waals surface area contributed by atoms with Gasteiger partial charge < -0.3 is 15.0 Å². The van der Waals surface area contributed by atoms with Crippen LogP contribution in [0.5, 0.6) is 0 Å². The number of aliphatic imine (C=N–C) groups is 1. The van der Waals surface area contributed by atoms with Crippen molar-refractivity contribution in [1.82, 2.24) is 15.2 Å². The van der Waals surface area contributed by atoms with Gasteiger partial charge in [0.05, 0.1) is 30.7 Å². The van der Waals surface area contributed by atoms with Crippen LogP contribution >= 0.6 is 0 Å². The van der Waals surface area contributed by atoms with Crippen LogP contribution in [-0.4, -0.2) is 91.4 Å². The number of hydrazone groups is 1. The van der Waals surface area contributed by atoms with Gasteiger partial charge in [-0.1, -0.05) is 6.92 Å². The number of hydrogen-bond acceptors (Lipinski definition) is 6. The minimum Gasteiger partial charge on any atom is -0.384 e. The first kappa shape index (κ1) is 23.5. The molecule has 10 heteroatoms. The van der Waals surface area contributed by atoms with Gasteiger partial charge in [0, 0.05) is 50.0 Å². The normalized spacial score (nSPS) is 39.1. The van der Waals surface area contributed by atoms with E-state index in [1.54, 1.807) is 12.0 Å². The first-order valence-electron chi connectivity index (χ1n) is 11.4. The van der Waals surface area contributed by atoms with Crippen LogP contribution in [-0.2, 0) is 9.53 Å². The molecular weight excluding hydrogens is 423 g/mol. The molecule has 32 heavy (non-hydrogen) atoms. The molecule has 4 heterocycles. The SMILES string of the molecule is COCC1CN=CC(C2CC(C)C3C(=O)N(C4C=NN(CC(F)(F)F)C4)C(C)(C)C3N2)C1. The van der Waals surface area contributed by atoms with Crippen LogP contribution in [0.25, 0.3) is 0 Å². The summed E-state index contributed by atoms with van der Waals surface area (Å²) in [7, 11) is 1.71. The summed E-state index contributed by atoms with van der Waals surface area (Å²) < 4.78 is 43.7. The molecule has 1 amide bonds. The first-order valence-corrected chi connectivity index (χ1v) is 11.4. The lowest BCUT2D eigenvalue weighted by Crippen LogP contribution is -2.61. The Kier molecular flexibility index (Phi) is 6.30. The van der Waals surface area contributed by atoms with Gasteiger partial charge in [-0.25, -0.2) is 0 Å². The van der Waals surface area contributed by atoms with E-state index in [1.165, 1.54) is 6.21 Å². The summed E-state index contributed by atoms with van der Waals surface area (Å²) in [6, 6.07) is -0.328. The highest BCUT2D eigenvalue weighted by Crippen LogP contribution is 2.45. The average Bonchev–Trinajstić information content (AvgIpc) is 3.20. The number of carbonyl (C=O) groups excluding carboxylic acids is 1. The maximum Gasteiger partial charge on any atom is 0.407 e. The summed E-state index contributed by atoms with van der Waals surface area (Å²) in [6.07, 6.45) is 1.09. The number of nitrogens with one attached hydrogen (secondary N) is 1. The van der Waals surface area contributed by atoms with Crippen LogP contribution in [0.1, 0.15) is 33.6 Å². The van der Waals surface area contributed by atoms with Crippen molar-refractivity contribution in [2.75, 3.05) is 33.4 Å². The van der Waals surface area contributed by atoms with E-state index in [2.05, 4.69) is 28.5 Å². The van der Waals surface area contributed by atoms with E-state index in [9.17, 15) is 18.0 Å². The summed E-state index contributed by atoms with van der Waals surface area (Å²) in [4.78, 5) is 19.9. The number of halogens is 3. The van der Waals surface area contributed by atoms with E-state index >= 15 is 0 Å². The summed E-state index contributed by atoms with van der Waals surface area (Å²) in [6.45, 7) is 6.59. The highest BCUT2D eigenvalue weighted by molar-refractivity contribution is 5.88. The standard InChI is InChI=1S/C22H34F3N5O2/c1-13-5-17(15-6-14(11-32-4)7-26-8-15)28-19-18(13)20(31)30(21(19,2)3)16-9-27-29(10-16)12-22(23,24)25/h8-9,13-19,28H,5-7,10-12H2,1-4H3. The minimum absolute atomic E-state index is 0.0123. The van der Waals surface area contributed by atoms with Crippen molar-refractivity contribution >= 4 is 18.3 Å². The molecule has 4 aliphatic rings. The van der Waals surface area contributed by atoms with Gasteiger partial charge in [-0.05, 0) is 32.6 Å². The number of rotatable bonds is 5. The Labute approximate surface area is 187 Å². The second kappa shape index (κ2) is 8.59. The van der Waals surface area contributed by atoms with Gasteiger partial charge in [-0.15, -0.1) is 0 Å². The molecule has 2 saturated heterocycles. The van der Waals surface area contributed by atoms with Gasteiger partial charge in [0.25, 0.3) is 0 Å². The molecular formula is C22H34F3N5O2. The first-order chi connectivity index (χ1) is 15.0. The van der Waals surface area contributed by atoms with Crippen LogP contribution in [0.4, 0.5) is 13.2 Å². The number of likely N-dealkylation sites (tertiary alicyclic amines) is 1. The number of alkyl halides is 3. The molecule has 7 atom stereocenters. The average molecular weight is 458 g/mol. The highest BCUT2D eigenvalue weighted by atomic mass is 19.4. The zero-order valence-electron chi connectivity index (χ0n) is 19.2. The second-order valence-electron chi connectivity index (χ2n) is 10.4. The van der Waals surface area contributed by atoms with Crippen molar-refractivity contribution in [3.63, 3.8) is 0 Å². The van der Waals surface area contributed by atoms with Crippen LogP contribution < -0.4 is 5.32 Å². The highest BCUT2D eigenvalue weighted by Gasteiger charge is 2.59. The van der Waals surface area contributed by atoms with E-state index < -0.39 is 24.3 Å². The number of piperidine rings is 1. The molecule has 1 N–H and O–H groups in total. The lowest BCUT2D eigenvalue weighted by atomic mass is 9.72. The van der Waals surface area contributed by atoms with Gasteiger partial charge in [0.2, 0.25) is 5.91 Å². The van der Waals surface area contributed by atoms with Crippen LogP contribution in [0.2, 0.25) is 0 Å². The molecule has 0 aliphatic carbocycles. The zero-order chi connectivity index (χ0) is 23.3. The number of ether oxygens (including phenoxy) is 1. The number of carbonyl (C=O) groups is 1. The van der Waals surface area contributed by atoms with E-state index in [-0.39, 0.29) is 42.3 Å². The number of amides is 1. The van der Waals surface area contributed by atoms with Crippen molar-refractivity contribution in [3.05, 3.63) is 0 Å². The van der Waals surface area contributed by atoms with Gasteiger partial charge in [0.15, 0.2) is 0 Å². The number of hydrogen-bond donors (Lipinski definition) is 1. The number of nitrogens with zero attached hydrogens (tertiary/aromatic N) is 4. The molecule has 7 nitrogen and oxygen atoms in total. The zero-order valence-corrected chi connectivity index (χ0v) is 19.2. The molecule has 0 aromatic rings. The van der Waals surface area contributed by atoms with Gasteiger partial charge in [-0.3, -0.25) is 14.8 Å². The molecule has 0 saturated carbocycles. The Morgan fingerprint density at radius 1 is 1.28 bits per heavy atom. The van der Waals surface area contributed by atoms with E-state index in [1.807, 2.05) is 13.8 Å². The molecule has 0 spiro atoms. The lowest BCUT2D eigenvalue weighted by Gasteiger charge is -2.45. The molecule has 2 fully saturated rings. The number of methoxy groups -OCH3 is 1. The van der Waals surface area contributed by atoms with Crippen molar-refractivity contribution in [2.24, 2.45) is 33.8 Å². The van der Waals surface area contributed by atoms with Crippen molar-refractivity contribution < 1.29 is 22.7 Å². The smallest absolute Gasteiger partial charge is 0.384 e. The van der Waals surface area contributed by atoms with E-state index in [0.717, 1.165) is 24.4 Å². The van der Waals surface area contributed by atoms with Crippen molar-refractivity contribution in [2.45, 2.75) is 63.5 Å². The molecule has 0 bridgehead atoms. The Morgan fingerprint density at radius 2 is 2.03 bits per heavy atom. The fourth-order valence-electron chi connectivity index (χ4n) is 6.22. The minimum atomic E-state index is -4.32. The van der Waals surface area contributed by atoms with Crippen LogP contribution in [0, 0.1) is 23.7 Å². The Balaban J connectivity index is 1.49. The predicted octanol–water partition coefficient (Wildman–Crippen LogP) is 2.18. The van der Waals surface area contributed by atoms with Crippen LogP contribution in [0.3, 0.4) is 0 Å². The largest absolute Gasteiger partial charge is 0.407 e. The predicted molar refractivity (Wildman–Crippen MR) is 116 cm³/mol. The lowest BCUT2D eigenvalue weighted by molar-refractivity contribution is -0.146. The van der Waals surface area contributed by atoms with Gasteiger partial charge in [-0.2, -0.15) is 18.3 Å². The summed E-state index contributed by atoms with van der Waals surface area (Å²) in [5.41, 5.74) is -0.544. The number of fused-ring (bicyclic) bond motifs is 1. The fourth-order valence-corrected chi connectivity index (χ4v) is 6.22. The summed E-state index contributed by atoms with van der Waals surface area (Å²) in [5.74, 6) is 0.667. The topological polar surface area (TPSA) is 69.5 Å². The molecule has 0 aromatic heterocycles. The second-order valence-corrected chi connectivity index (χ2v) is 10.4. The summed E-state index contributed by atoms with van der Waals surface area (Å²) in [5, 5.41) is 8.72. The van der Waals surface area contributed by atoms with Crippen molar-refractivity contribution in [1.29, 1.82) is 0 Å². The van der Waals surface area contributed by atoms with Crippen LogP contribution in [0.15, 0.2) is 10.1 Å². The Bertz CT molecular complexity index is 771. The maximum absolute atomic E-state index is 13.5. The Hall–Kier alpha value is -1.68. The fraction of sp³-hybridized carbons (Fsp3) is 0.864. The van der Waals surface area contributed by atoms with Gasteiger partial charge in [0.1, 0.15) is 6.54 Å². The molecule has 4 rings (SSSR count). The third-order valence-corrected chi connectivity index (χ3v) is 7.57. The molecule has 4 aliphatic heterocycles. The molecule has 7 unspecified atom stereocenters. The molecule has 180 valence electrons.